The number of amides is 1. The molecule has 1 saturated heterocycles. The lowest BCUT2D eigenvalue weighted by atomic mass is 10.3. The second-order valence-electron chi connectivity index (χ2n) is 8.98. The van der Waals surface area contributed by atoms with E-state index >= 15 is 0 Å². The fourth-order valence-electron chi connectivity index (χ4n) is 3.18. The van der Waals surface area contributed by atoms with Gasteiger partial charge < -0.3 is 14.8 Å². The first-order chi connectivity index (χ1) is 18.0. The number of aromatic nitrogens is 4. The van der Waals surface area contributed by atoms with Crippen molar-refractivity contribution in [2.75, 3.05) is 46.0 Å². The maximum atomic E-state index is 12.3. The van der Waals surface area contributed by atoms with Crippen LogP contribution >= 0.6 is 11.3 Å². The third-order valence-electron chi connectivity index (χ3n) is 5.61. The Morgan fingerprint density at radius 2 is 1.92 bits per heavy atom. The van der Waals surface area contributed by atoms with Crippen LogP contribution in [0.1, 0.15) is 51.3 Å². The molecule has 1 saturated carbocycles. The van der Waals surface area contributed by atoms with Crippen LogP contribution in [0.15, 0.2) is 43.1 Å². The molecule has 2 fully saturated rings. The highest BCUT2D eigenvalue weighted by Crippen LogP contribution is 2.27. The monoisotopic (exact) mass is 530 g/mol. The van der Waals surface area contributed by atoms with E-state index in [2.05, 4.69) is 37.1 Å². The molecular formula is C27H42N6O3S. The van der Waals surface area contributed by atoms with E-state index in [4.69, 9.17) is 9.47 Å². The van der Waals surface area contributed by atoms with Gasteiger partial charge in [-0.25, -0.2) is 9.97 Å². The molecule has 3 aromatic rings. The lowest BCUT2D eigenvalue weighted by Crippen LogP contribution is -2.38. The Labute approximate surface area is 226 Å². The Kier molecular flexibility index (Phi) is 12.4. The number of nitrogens with zero attached hydrogens (tertiary/aromatic N) is 5. The summed E-state index contributed by atoms with van der Waals surface area (Å²) >= 11 is 1.30. The number of hydrogen-bond donors (Lipinski definition) is 1. The van der Waals surface area contributed by atoms with Gasteiger partial charge in [0.25, 0.3) is 5.91 Å². The maximum Gasteiger partial charge on any atom is 0.280 e. The molecule has 1 aliphatic heterocycles. The maximum absolute atomic E-state index is 12.3. The van der Waals surface area contributed by atoms with Gasteiger partial charge in [-0.3, -0.25) is 19.7 Å². The van der Waals surface area contributed by atoms with Gasteiger partial charge in [0.1, 0.15) is 5.69 Å². The molecule has 0 unspecified atom stereocenters. The SMILES string of the molecule is CC1CC1.CCOc1cncc(-c2cnc(C(=O)NCCCN3CCOCC3)s2)n1.Cc1ccncc1.[HH].[HH]. The number of carbonyl (C=O) groups is 1. The van der Waals surface area contributed by atoms with Crippen molar-refractivity contribution < 1.29 is 17.1 Å². The predicted octanol–water partition coefficient (Wildman–Crippen LogP) is 4.75. The van der Waals surface area contributed by atoms with Crippen LogP contribution in [0, 0.1) is 12.8 Å². The molecule has 0 bridgehead atoms. The van der Waals surface area contributed by atoms with Crippen molar-refractivity contribution in [1.29, 1.82) is 0 Å². The zero-order valence-electron chi connectivity index (χ0n) is 22.1. The standard InChI is InChI=1S/C17H23N5O3S.C6H7N.C4H8.2H2/c1-2-25-15-12-18-10-13(21-15)14-11-20-17(26-14)16(23)19-4-3-5-22-6-8-24-9-7-22;1-6-2-4-7-5-3-6;1-4-2-3-4;;/h10-12H,2-9H2,1H3,(H,19,23);2-5H,1H3;4H,2-3H2,1H3;2*1H. The number of nitrogens with one attached hydrogen (secondary N) is 1. The number of rotatable bonds is 8. The van der Waals surface area contributed by atoms with E-state index in [1.807, 2.05) is 26.0 Å². The second kappa shape index (κ2) is 16.0. The van der Waals surface area contributed by atoms with Gasteiger partial charge in [0.15, 0.2) is 5.01 Å². The van der Waals surface area contributed by atoms with Crippen molar-refractivity contribution in [3.05, 3.63) is 53.7 Å². The van der Waals surface area contributed by atoms with Gasteiger partial charge in [-0.1, -0.05) is 19.8 Å². The van der Waals surface area contributed by atoms with Gasteiger partial charge in [-0.05, 0) is 50.4 Å². The van der Waals surface area contributed by atoms with Crippen LogP contribution in [0.25, 0.3) is 10.6 Å². The van der Waals surface area contributed by atoms with Crippen molar-refractivity contribution in [3.8, 4) is 16.5 Å². The summed E-state index contributed by atoms with van der Waals surface area (Å²) in [6.45, 7) is 11.8. The summed E-state index contributed by atoms with van der Waals surface area (Å²) in [5, 5.41) is 3.35. The van der Waals surface area contributed by atoms with E-state index in [0.29, 0.717) is 29.7 Å². The fourth-order valence-corrected chi connectivity index (χ4v) is 3.97. The van der Waals surface area contributed by atoms with Crippen molar-refractivity contribution in [2.24, 2.45) is 5.92 Å². The molecular weight excluding hydrogens is 488 g/mol. The molecule has 1 amide bonds. The highest BCUT2D eigenvalue weighted by molar-refractivity contribution is 7.16. The molecule has 10 heteroatoms. The first-order valence-corrected chi connectivity index (χ1v) is 13.7. The van der Waals surface area contributed by atoms with Crippen molar-refractivity contribution in [3.63, 3.8) is 0 Å². The molecule has 0 aromatic carbocycles. The number of hydrogen-bond acceptors (Lipinski definition) is 9. The van der Waals surface area contributed by atoms with E-state index in [0.717, 1.165) is 50.1 Å². The van der Waals surface area contributed by atoms with Crippen LogP contribution in [0.4, 0.5) is 0 Å². The third-order valence-corrected chi connectivity index (χ3v) is 6.63. The van der Waals surface area contributed by atoms with Gasteiger partial charge >= 0.3 is 0 Å². The summed E-state index contributed by atoms with van der Waals surface area (Å²) in [5.41, 5.74) is 1.91. The van der Waals surface area contributed by atoms with Gasteiger partial charge in [0.2, 0.25) is 5.88 Å². The zero-order valence-corrected chi connectivity index (χ0v) is 22.9. The second-order valence-corrected chi connectivity index (χ2v) is 10.0. The Morgan fingerprint density at radius 3 is 2.54 bits per heavy atom. The lowest BCUT2D eigenvalue weighted by Gasteiger charge is -2.26. The average molecular weight is 531 g/mol. The van der Waals surface area contributed by atoms with E-state index in [1.165, 1.54) is 29.7 Å². The van der Waals surface area contributed by atoms with Gasteiger partial charge in [-0.15, -0.1) is 11.3 Å². The molecule has 1 N–H and O–H groups in total. The number of pyridine rings is 1. The molecule has 1 aliphatic carbocycles. The molecule has 0 spiro atoms. The summed E-state index contributed by atoms with van der Waals surface area (Å²) in [7, 11) is 0. The topological polar surface area (TPSA) is 102 Å². The van der Waals surface area contributed by atoms with Crippen LogP contribution in [0.2, 0.25) is 0 Å². The van der Waals surface area contributed by atoms with E-state index < -0.39 is 0 Å². The first-order valence-electron chi connectivity index (χ1n) is 12.9. The Balaban J connectivity index is 0.000000485. The quantitative estimate of drug-likeness (QED) is 0.416. The van der Waals surface area contributed by atoms with Crippen molar-refractivity contribution in [1.82, 2.24) is 30.2 Å². The van der Waals surface area contributed by atoms with Crippen LogP contribution < -0.4 is 10.1 Å². The van der Waals surface area contributed by atoms with Gasteiger partial charge in [-0.2, -0.15) is 0 Å². The zero-order chi connectivity index (χ0) is 26.3. The van der Waals surface area contributed by atoms with Crippen LogP contribution in [-0.4, -0.2) is 76.7 Å². The molecule has 9 nitrogen and oxygen atoms in total. The minimum absolute atomic E-state index is 0. The summed E-state index contributed by atoms with van der Waals surface area (Å²) in [6, 6.07) is 3.94. The smallest absolute Gasteiger partial charge is 0.280 e. The first kappa shape index (κ1) is 28.6. The van der Waals surface area contributed by atoms with Crippen molar-refractivity contribution >= 4 is 17.2 Å². The summed E-state index contributed by atoms with van der Waals surface area (Å²) in [5.74, 6) is 1.39. The molecule has 2 aliphatic rings. The fraction of sp³-hybridized carbons (Fsp3) is 0.519. The minimum atomic E-state index is -0.155. The van der Waals surface area contributed by atoms with Crippen molar-refractivity contribution in [2.45, 2.75) is 40.0 Å². The van der Waals surface area contributed by atoms with E-state index in [9.17, 15) is 4.79 Å². The number of morpholine rings is 1. The van der Waals surface area contributed by atoms with E-state index in [-0.39, 0.29) is 8.76 Å². The van der Waals surface area contributed by atoms with Crippen LogP contribution in [0.3, 0.4) is 0 Å². The number of thiazole rings is 1. The Bertz CT molecular complexity index is 1070. The van der Waals surface area contributed by atoms with Gasteiger partial charge in [0.05, 0.1) is 37.1 Å². The molecule has 3 aromatic heterocycles. The predicted molar refractivity (Wildman–Crippen MR) is 150 cm³/mol. The lowest BCUT2D eigenvalue weighted by molar-refractivity contribution is 0.0374. The highest BCUT2D eigenvalue weighted by atomic mass is 32.1. The normalized spacial score (nSPS) is 15.0. The number of carbonyl (C=O) groups excluding carboxylic acids is 1. The summed E-state index contributed by atoms with van der Waals surface area (Å²) in [6.07, 6.45) is 12.3. The van der Waals surface area contributed by atoms with Crippen LogP contribution in [-0.2, 0) is 4.74 Å². The van der Waals surface area contributed by atoms with E-state index in [1.54, 1.807) is 31.0 Å². The largest absolute Gasteiger partial charge is 0.477 e. The Morgan fingerprint density at radius 1 is 1.19 bits per heavy atom. The van der Waals surface area contributed by atoms with Crippen LogP contribution in [0.5, 0.6) is 5.88 Å². The molecule has 204 valence electrons. The molecule has 4 heterocycles. The Hall–Kier alpha value is -2.95. The highest BCUT2D eigenvalue weighted by Gasteiger charge is 2.14. The molecule has 5 rings (SSSR count). The number of ether oxygens (including phenoxy) is 2. The summed E-state index contributed by atoms with van der Waals surface area (Å²) < 4.78 is 10.7. The van der Waals surface area contributed by atoms with Gasteiger partial charge in [0, 0.05) is 41.1 Å². The summed E-state index contributed by atoms with van der Waals surface area (Å²) in [4.78, 5) is 31.9. The molecule has 0 radical (unpaired) electrons. The minimum Gasteiger partial charge on any atom is -0.477 e. The third kappa shape index (κ3) is 11.3. The number of aryl methyl sites for hydroxylation is 1. The molecule has 37 heavy (non-hydrogen) atoms. The molecule has 0 atom stereocenters. The average Bonchev–Trinajstić information content (AvgIpc) is 3.54.